The molecule has 0 heterocycles. The third-order valence-electron chi connectivity index (χ3n) is 4.91. The monoisotopic (exact) mass is 297 g/mol. The summed E-state index contributed by atoms with van der Waals surface area (Å²) in [5.74, 6) is 1.88. The van der Waals surface area contributed by atoms with Crippen LogP contribution in [0.15, 0.2) is 18.2 Å². The van der Waals surface area contributed by atoms with Crippen molar-refractivity contribution in [3.63, 3.8) is 0 Å². The Morgan fingerprint density at radius 3 is 2.63 bits per heavy atom. The second kappa shape index (κ2) is 5.63. The first-order valence-corrected chi connectivity index (χ1v) is 8.14. The normalized spacial score (nSPS) is 30.8. The maximum Gasteiger partial charge on any atom is 0.0595 e. The van der Waals surface area contributed by atoms with Gasteiger partial charge in [-0.2, -0.15) is 0 Å². The number of rotatable bonds is 4. The Labute approximate surface area is 125 Å². The predicted octanol–water partition coefficient (Wildman–Crippen LogP) is 5.22. The van der Waals surface area contributed by atoms with Crippen molar-refractivity contribution in [2.24, 2.45) is 11.8 Å². The molecule has 4 atom stereocenters. The molecule has 1 N–H and O–H groups in total. The number of benzene rings is 1. The number of fused-ring (bicyclic) bond motifs is 2. The smallest absolute Gasteiger partial charge is 0.0595 e. The number of halogens is 2. The Hall–Kier alpha value is -0.240. The average Bonchev–Trinajstić information content (AvgIpc) is 3.01. The van der Waals surface area contributed by atoms with Gasteiger partial charge in [-0.05, 0) is 55.2 Å². The lowest BCUT2D eigenvalue weighted by atomic mass is 9.93. The molecule has 0 aliphatic heterocycles. The van der Waals surface area contributed by atoms with Gasteiger partial charge in [-0.3, -0.25) is 0 Å². The van der Waals surface area contributed by atoms with Crippen LogP contribution in [0.4, 0.5) is 0 Å². The van der Waals surface area contributed by atoms with E-state index in [0.717, 1.165) is 18.3 Å². The van der Waals surface area contributed by atoms with Gasteiger partial charge in [0.1, 0.15) is 0 Å². The highest BCUT2D eigenvalue weighted by Gasteiger charge is 2.39. The summed E-state index contributed by atoms with van der Waals surface area (Å²) in [6.07, 6.45) is 6.76. The lowest BCUT2D eigenvalue weighted by molar-refractivity contribution is 0.315. The van der Waals surface area contributed by atoms with E-state index < -0.39 is 0 Å². The van der Waals surface area contributed by atoms with Crippen molar-refractivity contribution in [2.45, 2.75) is 51.1 Å². The summed E-state index contributed by atoms with van der Waals surface area (Å²) in [5, 5.41) is 5.16. The SMILES string of the molecule is CCC(NC1CC2CCC1C2)c1ccc(Cl)c(Cl)c1. The van der Waals surface area contributed by atoms with Gasteiger partial charge in [0.05, 0.1) is 10.0 Å². The summed E-state index contributed by atoms with van der Waals surface area (Å²) in [6.45, 7) is 2.23. The molecule has 4 unspecified atom stereocenters. The quantitative estimate of drug-likeness (QED) is 0.803. The van der Waals surface area contributed by atoms with E-state index in [-0.39, 0.29) is 0 Å². The molecule has 2 aliphatic rings. The summed E-state index contributed by atoms with van der Waals surface area (Å²) in [7, 11) is 0. The summed E-state index contributed by atoms with van der Waals surface area (Å²) in [5.41, 5.74) is 1.26. The van der Waals surface area contributed by atoms with Gasteiger partial charge in [0.2, 0.25) is 0 Å². The van der Waals surface area contributed by atoms with Gasteiger partial charge in [0, 0.05) is 12.1 Å². The molecule has 1 aromatic rings. The van der Waals surface area contributed by atoms with Crippen molar-refractivity contribution >= 4 is 23.2 Å². The van der Waals surface area contributed by atoms with Crippen LogP contribution in [0.3, 0.4) is 0 Å². The van der Waals surface area contributed by atoms with Gasteiger partial charge in [-0.25, -0.2) is 0 Å². The minimum absolute atomic E-state index is 0.402. The molecule has 19 heavy (non-hydrogen) atoms. The van der Waals surface area contributed by atoms with Crippen LogP contribution in [-0.2, 0) is 0 Å². The highest BCUT2D eigenvalue weighted by Crippen LogP contribution is 2.45. The zero-order chi connectivity index (χ0) is 13.4. The zero-order valence-electron chi connectivity index (χ0n) is 11.3. The van der Waals surface area contributed by atoms with Gasteiger partial charge in [-0.1, -0.05) is 42.6 Å². The van der Waals surface area contributed by atoms with Gasteiger partial charge in [0.25, 0.3) is 0 Å². The standard InChI is InChI=1S/C16H21Cl2N/c1-2-15(12-5-6-13(17)14(18)9-12)19-16-8-10-3-4-11(16)7-10/h5-6,9-11,15-16,19H,2-4,7-8H2,1H3. The first-order valence-electron chi connectivity index (χ1n) is 7.38. The largest absolute Gasteiger partial charge is 0.307 e. The molecule has 0 saturated heterocycles. The molecule has 1 aromatic carbocycles. The van der Waals surface area contributed by atoms with Crippen molar-refractivity contribution in [2.75, 3.05) is 0 Å². The second-order valence-electron chi connectivity index (χ2n) is 6.08. The van der Waals surface area contributed by atoms with Gasteiger partial charge >= 0.3 is 0 Å². The van der Waals surface area contributed by atoms with E-state index in [1.165, 1.54) is 31.2 Å². The summed E-state index contributed by atoms with van der Waals surface area (Å²) in [6, 6.07) is 7.13. The van der Waals surface area contributed by atoms with Crippen molar-refractivity contribution in [1.82, 2.24) is 5.32 Å². The molecular formula is C16H21Cl2N. The van der Waals surface area contributed by atoms with Crippen LogP contribution in [0.1, 0.15) is 50.6 Å². The molecule has 0 spiro atoms. The van der Waals surface area contributed by atoms with Crippen LogP contribution in [0, 0.1) is 11.8 Å². The van der Waals surface area contributed by atoms with E-state index in [0.29, 0.717) is 22.1 Å². The van der Waals surface area contributed by atoms with Gasteiger partial charge in [-0.15, -0.1) is 0 Å². The molecule has 0 aromatic heterocycles. The van der Waals surface area contributed by atoms with Crippen LogP contribution in [0.2, 0.25) is 10.0 Å². The van der Waals surface area contributed by atoms with E-state index in [2.05, 4.69) is 18.3 Å². The molecule has 3 heteroatoms. The maximum atomic E-state index is 6.13. The number of hydrogen-bond donors (Lipinski definition) is 1. The molecule has 0 radical (unpaired) electrons. The topological polar surface area (TPSA) is 12.0 Å². The molecule has 104 valence electrons. The number of hydrogen-bond acceptors (Lipinski definition) is 1. The molecule has 0 amide bonds. The third kappa shape index (κ3) is 2.79. The zero-order valence-corrected chi connectivity index (χ0v) is 12.8. The molecular weight excluding hydrogens is 277 g/mol. The molecule has 2 bridgehead atoms. The molecule has 2 fully saturated rings. The van der Waals surface area contributed by atoms with Crippen LogP contribution in [0.5, 0.6) is 0 Å². The van der Waals surface area contributed by atoms with Crippen molar-refractivity contribution in [3.8, 4) is 0 Å². The Bertz CT molecular complexity index is 460. The van der Waals surface area contributed by atoms with Gasteiger partial charge < -0.3 is 5.32 Å². The lowest BCUT2D eigenvalue weighted by Gasteiger charge is -2.28. The van der Waals surface area contributed by atoms with Crippen LogP contribution in [-0.4, -0.2) is 6.04 Å². The summed E-state index contributed by atoms with van der Waals surface area (Å²) >= 11 is 12.1. The van der Waals surface area contributed by atoms with Crippen molar-refractivity contribution < 1.29 is 0 Å². The molecule has 2 aliphatic carbocycles. The second-order valence-corrected chi connectivity index (χ2v) is 6.90. The predicted molar refractivity (Wildman–Crippen MR) is 81.9 cm³/mol. The lowest BCUT2D eigenvalue weighted by Crippen LogP contribution is -2.36. The fourth-order valence-corrected chi connectivity index (χ4v) is 4.19. The summed E-state index contributed by atoms with van der Waals surface area (Å²) in [4.78, 5) is 0. The Morgan fingerprint density at radius 1 is 1.21 bits per heavy atom. The molecule has 1 nitrogen and oxygen atoms in total. The fraction of sp³-hybridized carbons (Fsp3) is 0.625. The van der Waals surface area contributed by atoms with E-state index >= 15 is 0 Å². The van der Waals surface area contributed by atoms with Crippen molar-refractivity contribution in [3.05, 3.63) is 33.8 Å². The number of nitrogens with one attached hydrogen (secondary N) is 1. The highest BCUT2D eigenvalue weighted by molar-refractivity contribution is 6.42. The van der Waals surface area contributed by atoms with Crippen LogP contribution in [0.25, 0.3) is 0 Å². The minimum atomic E-state index is 0.402. The van der Waals surface area contributed by atoms with E-state index in [4.69, 9.17) is 23.2 Å². The Kier molecular flexibility index (Phi) is 4.07. The average molecular weight is 298 g/mol. The highest BCUT2D eigenvalue weighted by atomic mass is 35.5. The van der Waals surface area contributed by atoms with Crippen LogP contribution < -0.4 is 5.32 Å². The first kappa shape index (κ1) is 13.7. The van der Waals surface area contributed by atoms with Gasteiger partial charge in [0.15, 0.2) is 0 Å². The first-order chi connectivity index (χ1) is 9.17. The van der Waals surface area contributed by atoms with E-state index in [9.17, 15) is 0 Å². The van der Waals surface area contributed by atoms with E-state index in [1.807, 2.05) is 12.1 Å². The summed E-state index contributed by atoms with van der Waals surface area (Å²) < 4.78 is 0. The van der Waals surface area contributed by atoms with Crippen molar-refractivity contribution in [1.29, 1.82) is 0 Å². The van der Waals surface area contributed by atoms with Crippen LogP contribution >= 0.6 is 23.2 Å². The van der Waals surface area contributed by atoms with E-state index in [1.54, 1.807) is 0 Å². The minimum Gasteiger partial charge on any atom is -0.307 e. The Morgan fingerprint density at radius 2 is 2.05 bits per heavy atom. The third-order valence-corrected chi connectivity index (χ3v) is 5.65. The Balaban J connectivity index is 1.71. The molecule has 2 saturated carbocycles. The fourth-order valence-electron chi connectivity index (χ4n) is 3.89. The molecule has 3 rings (SSSR count). The maximum absolute atomic E-state index is 6.13.